The molecule has 2 fully saturated rings. The zero-order chi connectivity index (χ0) is 17.1. The highest BCUT2D eigenvalue weighted by molar-refractivity contribution is 5.59. The van der Waals surface area contributed by atoms with Gasteiger partial charge in [0.15, 0.2) is 5.82 Å². The normalized spacial score (nSPS) is 18.4. The molecule has 0 aromatic carbocycles. The van der Waals surface area contributed by atoms with Crippen molar-refractivity contribution in [1.29, 1.82) is 0 Å². The Morgan fingerprint density at radius 2 is 1.60 bits per heavy atom. The van der Waals surface area contributed by atoms with Gasteiger partial charge in [-0.05, 0) is 12.1 Å². The SMILES string of the molecule is Nc1ccc(-c2nc(N3CCNCC3)nc(N3CCOCC3)n2)cn1. The standard InChI is InChI=1S/C16H22N8O/c17-13-2-1-12(11-19-13)14-20-15(23-5-3-18-4-6-23)22-16(21-14)24-7-9-25-10-8-24/h1-2,11,18H,3-10H2,(H2,17,19). The molecular formula is C16H22N8O. The zero-order valence-corrected chi connectivity index (χ0v) is 14.1. The minimum Gasteiger partial charge on any atom is -0.384 e. The van der Waals surface area contributed by atoms with Crippen LogP contribution in [0.4, 0.5) is 17.7 Å². The quantitative estimate of drug-likeness (QED) is 0.782. The lowest BCUT2D eigenvalue weighted by Gasteiger charge is -2.30. The van der Waals surface area contributed by atoms with Gasteiger partial charge in [-0.1, -0.05) is 0 Å². The highest BCUT2D eigenvalue weighted by Gasteiger charge is 2.20. The Bertz CT molecular complexity index is 674. The average molecular weight is 342 g/mol. The van der Waals surface area contributed by atoms with Crippen molar-refractivity contribution in [2.45, 2.75) is 0 Å². The van der Waals surface area contributed by atoms with Crippen molar-refractivity contribution in [2.75, 3.05) is 68.0 Å². The first kappa shape index (κ1) is 16.0. The van der Waals surface area contributed by atoms with Crippen LogP contribution in [-0.2, 0) is 4.74 Å². The molecule has 0 spiro atoms. The second-order valence-electron chi connectivity index (χ2n) is 6.07. The predicted molar refractivity (Wildman–Crippen MR) is 95.6 cm³/mol. The van der Waals surface area contributed by atoms with Gasteiger partial charge >= 0.3 is 0 Å². The topological polar surface area (TPSA) is 105 Å². The smallest absolute Gasteiger partial charge is 0.230 e. The predicted octanol–water partition coefficient (Wildman–Crippen LogP) is -0.238. The van der Waals surface area contributed by atoms with Crippen molar-refractivity contribution < 1.29 is 4.74 Å². The molecule has 0 aliphatic carbocycles. The highest BCUT2D eigenvalue weighted by Crippen LogP contribution is 2.22. The van der Waals surface area contributed by atoms with Gasteiger partial charge in [-0.3, -0.25) is 0 Å². The number of nitrogens with one attached hydrogen (secondary N) is 1. The summed E-state index contributed by atoms with van der Waals surface area (Å²) in [7, 11) is 0. The lowest BCUT2D eigenvalue weighted by Crippen LogP contribution is -2.44. The molecule has 9 heteroatoms. The molecule has 0 radical (unpaired) electrons. The fourth-order valence-corrected chi connectivity index (χ4v) is 2.93. The number of ether oxygens (including phenoxy) is 1. The largest absolute Gasteiger partial charge is 0.384 e. The Kier molecular flexibility index (Phi) is 4.57. The summed E-state index contributed by atoms with van der Waals surface area (Å²) in [6, 6.07) is 3.65. The summed E-state index contributed by atoms with van der Waals surface area (Å²) >= 11 is 0. The Balaban J connectivity index is 1.72. The molecule has 2 aromatic heterocycles. The van der Waals surface area contributed by atoms with Crippen molar-refractivity contribution in [1.82, 2.24) is 25.3 Å². The van der Waals surface area contributed by atoms with Gasteiger partial charge in [0.05, 0.1) is 13.2 Å². The van der Waals surface area contributed by atoms with Crippen molar-refractivity contribution in [3.05, 3.63) is 18.3 Å². The Morgan fingerprint density at radius 1 is 0.920 bits per heavy atom. The minimum atomic E-state index is 0.480. The summed E-state index contributed by atoms with van der Waals surface area (Å²) in [4.78, 5) is 22.6. The second kappa shape index (κ2) is 7.16. The summed E-state index contributed by atoms with van der Waals surface area (Å²) in [5.74, 6) is 2.51. The molecular weight excluding hydrogens is 320 g/mol. The van der Waals surface area contributed by atoms with E-state index in [9.17, 15) is 0 Å². The van der Waals surface area contributed by atoms with Gasteiger partial charge in [0.1, 0.15) is 5.82 Å². The van der Waals surface area contributed by atoms with Crippen LogP contribution in [0.1, 0.15) is 0 Å². The first-order chi connectivity index (χ1) is 12.3. The first-order valence-electron chi connectivity index (χ1n) is 8.56. The summed E-state index contributed by atoms with van der Waals surface area (Å²) in [6.07, 6.45) is 1.70. The molecule has 9 nitrogen and oxygen atoms in total. The van der Waals surface area contributed by atoms with E-state index in [0.717, 1.165) is 44.8 Å². The number of pyridine rings is 1. The summed E-state index contributed by atoms with van der Waals surface area (Å²) < 4.78 is 5.44. The number of rotatable bonds is 3. The van der Waals surface area contributed by atoms with Crippen LogP contribution in [-0.4, -0.2) is 72.4 Å². The van der Waals surface area contributed by atoms with Gasteiger partial charge in [-0.25, -0.2) is 4.98 Å². The van der Waals surface area contributed by atoms with Crippen LogP contribution < -0.4 is 20.9 Å². The van der Waals surface area contributed by atoms with Crippen LogP contribution in [0.5, 0.6) is 0 Å². The highest BCUT2D eigenvalue weighted by atomic mass is 16.5. The molecule has 3 N–H and O–H groups in total. The molecule has 0 bridgehead atoms. The Hall–Kier alpha value is -2.52. The van der Waals surface area contributed by atoms with Gasteiger partial charge in [-0.15, -0.1) is 0 Å². The molecule has 2 aromatic rings. The molecule has 2 aliphatic heterocycles. The molecule has 0 saturated carbocycles. The monoisotopic (exact) mass is 342 g/mol. The number of nitrogen functional groups attached to an aromatic ring is 1. The van der Waals surface area contributed by atoms with Crippen LogP contribution in [0, 0.1) is 0 Å². The molecule has 2 saturated heterocycles. The van der Waals surface area contributed by atoms with E-state index < -0.39 is 0 Å². The van der Waals surface area contributed by atoms with Crippen LogP contribution in [0.2, 0.25) is 0 Å². The number of hydrogen-bond acceptors (Lipinski definition) is 9. The number of nitrogens with zero attached hydrogens (tertiary/aromatic N) is 6. The number of aromatic nitrogens is 4. The van der Waals surface area contributed by atoms with E-state index in [1.54, 1.807) is 12.3 Å². The van der Waals surface area contributed by atoms with Crippen LogP contribution >= 0.6 is 0 Å². The van der Waals surface area contributed by atoms with Crippen molar-refractivity contribution in [2.24, 2.45) is 0 Å². The third kappa shape index (κ3) is 3.62. The Morgan fingerprint density at radius 3 is 2.24 bits per heavy atom. The zero-order valence-electron chi connectivity index (χ0n) is 14.1. The van der Waals surface area contributed by atoms with Crippen LogP contribution in [0.25, 0.3) is 11.4 Å². The minimum absolute atomic E-state index is 0.480. The van der Waals surface area contributed by atoms with E-state index in [4.69, 9.17) is 15.5 Å². The molecule has 4 rings (SSSR count). The molecule has 132 valence electrons. The molecule has 0 amide bonds. The average Bonchev–Trinajstić information content (AvgIpc) is 2.69. The maximum atomic E-state index is 5.70. The Labute approximate surface area is 146 Å². The van der Waals surface area contributed by atoms with Crippen molar-refractivity contribution in [3.63, 3.8) is 0 Å². The third-order valence-electron chi connectivity index (χ3n) is 4.35. The number of piperazine rings is 1. The summed E-state index contributed by atoms with van der Waals surface area (Å²) in [5.41, 5.74) is 6.53. The van der Waals surface area contributed by atoms with Crippen LogP contribution in [0.3, 0.4) is 0 Å². The van der Waals surface area contributed by atoms with Gasteiger partial charge in [-0.2, -0.15) is 15.0 Å². The second-order valence-corrected chi connectivity index (χ2v) is 6.07. The molecule has 25 heavy (non-hydrogen) atoms. The number of nitrogens with two attached hydrogens (primary N) is 1. The van der Waals surface area contributed by atoms with E-state index in [1.807, 2.05) is 6.07 Å². The maximum absolute atomic E-state index is 5.70. The fraction of sp³-hybridized carbons (Fsp3) is 0.500. The van der Waals surface area contributed by atoms with E-state index in [0.29, 0.717) is 36.8 Å². The molecule has 0 atom stereocenters. The maximum Gasteiger partial charge on any atom is 0.230 e. The molecule has 2 aliphatic rings. The molecule has 4 heterocycles. The van der Waals surface area contributed by atoms with E-state index in [1.165, 1.54) is 0 Å². The lowest BCUT2D eigenvalue weighted by molar-refractivity contribution is 0.122. The van der Waals surface area contributed by atoms with E-state index in [-0.39, 0.29) is 0 Å². The van der Waals surface area contributed by atoms with Gasteiger partial charge in [0, 0.05) is 51.0 Å². The molecule has 0 unspecified atom stereocenters. The van der Waals surface area contributed by atoms with Crippen LogP contribution in [0.15, 0.2) is 18.3 Å². The third-order valence-corrected chi connectivity index (χ3v) is 4.35. The summed E-state index contributed by atoms with van der Waals surface area (Å²) in [5, 5.41) is 3.35. The van der Waals surface area contributed by atoms with Gasteiger partial charge in [0.2, 0.25) is 11.9 Å². The number of hydrogen-bond donors (Lipinski definition) is 2. The summed E-state index contributed by atoms with van der Waals surface area (Å²) in [6.45, 7) is 6.56. The van der Waals surface area contributed by atoms with E-state index in [2.05, 4.69) is 30.1 Å². The van der Waals surface area contributed by atoms with E-state index >= 15 is 0 Å². The number of morpholine rings is 1. The van der Waals surface area contributed by atoms with Gasteiger partial charge < -0.3 is 25.6 Å². The van der Waals surface area contributed by atoms with Crippen molar-refractivity contribution >= 4 is 17.7 Å². The lowest BCUT2D eigenvalue weighted by atomic mass is 10.2. The first-order valence-corrected chi connectivity index (χ1v) is 8.56. The number of anilines is 3. The van der Waals surface area contributed by atoms with Crippen molar-refractivity contribution in [3.8, 4) is 11.4 Å². The fourth-order valence-electron chi connectivity index (χ4n) is 2.93. The van der Waals surface area contributed by atoms with Gasteiger partial charge in [0.25, 0.3) is 0 Å².